The molecule has 0 bridgehead atoms. The lowest BCUT2D eigenvalue weighted by atomic mass is 10.1. The van der Waals surface area contributed by atoms with E-state index >= 15 is 0 Å². The molecule has 0 spiro atoms. The molecule has 2 aromatic rings. The minimum Gasteiger partial charge on any atom is -0.477 e. The van der Waals surface area contributed by atoms with Crippen LogP contribution in [0.5, 0.6) is 5.88 Å². The molecular weight excluding hydrogens is 367 g/mol. The molecule has 0 saturated heterocycles. The van der Waals surface area contributed by atoms with Crippen LogP contribution in [0.4, 0.5) is 24.8 Å². The van der Waals surface area contributed by atoms with Crippen LogP contribution in [0.2, 0.25) is 0 Å². The van der Waals surface area contributed by atoms with Crippen LogP contribution in [0.25, 0.3) is 0 Å². The van der Waals surface area contributed by atoms with Crippen molar-refractivity contribution < 1.29 is 17.9 Å². The summed E-state index contributed by atoms with van der Waals surface area (Å²) in [5.41, 5.74) is 1.03. The Balaban J connectivity index is 2.24. The number of nitrogens with zero attached hydrogens (tertiary/aromatic N) is 3. The summed E-state index contributed by atoms with van der Waals surface area (Å²) in [7, 11) is 1.73. The van der Waals surface area contributed by atoms with Gasteiger partial charge in [0.05, 0.1) is 6.61 Å². The molecule has 0 saturated carbocycles. The second-order valence-corrected chi connectivity index (χ2v) is 6.77. The van der Waals surface area contributed by atoms with Gasteiger partial charge in [-0.3, -0.25) is 0 Å². The van der Waals surface area contributed by atoms with E-state index in [1.807, 2.05) is 24.3 Å². The van der Waals surface area contributed by atoms with Crippen molar-refractivity contribution in [1.82, 2.24) is 9.97 Å². The monoisotopic (exact) mass is 395 g/mol. The van der Waals surface area contributed by atoms with Crippen molar-refractivity contribution in [2.45, 2.75) is 58.5 Å². The van der Waals surface area contributed by atoms with Crippen LogP contribution in [0, 0.1) is 0 Å². The number of unbranched alkanes of at least 4 members (excludes halogenated alkanes) is 3. The van der Waals surface area contributed by atoms with E-state index in [0.717, 1.165) is 49.6 Å². The van der Waals surface area contributed by atoms with Crippen LogP contribution >= 0.6 is 0 Å². The summed E-state index contributed by atoms with van der Waals surface area (Å²) in [5, 5.41) is 0. The highest BCUT2D eigenvalue weighted by atomic mass is 19.4. The number of benzene rings is 1. The highest BCUT2D eigenvalue weighted by Crippen LogP contribution is 2.36. The van der Waals surface area contributed by atoms with Gasteiger partial charge in [0.15, 0.2) is 0 Å². The molecule has 4 nitrogen and oxygen atoms in total. The first-order valence-corrected chi connectivity index (χ1v) is 9.76. The number of alkyl halides is 3. The lowest BCUT2D eigenvalue weighted by Crippen LogP contribution is -2.17. The van der Waals surface area contributed by atoms with Crippen molar-refractivity contribution in [3.05, 3.63) is 41.6 Å². The molecular formula is C21H28F3N3O. The van der Waals surface area contributed by atoms with Gasteiger partial charge in [-0.25, -0.2) is 4.98 Å². The summed E-state index contributed by atoms with van der Waals surface area (Å²) in [4.78, 5) is 9.68. The van der Waals surface area contributed by atoms with Crippen molar-refractivity contribution in [3.8, 4) is 5.88 Å². The quantitative estimate of drug-likeness (QED) is 0.451. The smallest absolute Gasteiger partial charge is 0.423 e. The number of rotatable bonds is 10. The van der Waals surface area contributed by atoms with E-state index < -0.39 is 17.6 Å². The summed E-state index contributed by atoms with van der Waals surface area (Å²) in [6, 6.07) is 7.83. The topological polar surface area (TPSA) is 38.2 Å². The molecule has 1 aromatic carbocycles. The first-order chi connectivity index (χ1) is 13.4. The van der Waals surface area contributed by atoms with Crippen LogP contribution < -0.4 is 9.64 Å². The second kappa shape index (κ2) is 10.3. The van der Waals surface area contributed by atoms with E-state index in [1.54, 1.807) is 11.9 Å². The molecule has 1 aromatic heterocycles. The molecule has 0 unspecified atom stereocenters. The average Bonchev–Trinajstić information content (AvgIpc) is 2.67. The van der Waals surface area contributed by atoms with Gasteiger partial charge in [-0.15, -0.1) is 0 Å². The van der Waals surface area contributed by atoms with Crippen molar-refractivity contribution in [3.63, 3.8) is 0 Å². The number of aryl methyl sites for hydroxylation is 1. The van der Waals surface area contributed by atoms with Crippen molar-refractivity contribution in [2.24, 2.45) is 0 Å². The van der Waals surface area contributed by atoms with Gasteiger partial charge in [0.2, 0.25) is 11.8 Å². The zero-order valence-corrected chi connectivity index (χ0v) is 16.7. The summed E-state index contributed by atoms with van der Waals surface area (Å²) in [5.74, 6) is -0.240. The van der Waals surface area contributed by atoms with Crippen LogP contribution in [0.1, 0.15) is 57.1 Å². The third kappa shape index (κ3) is 6.11. The Hall–Kier alpha value is -2.31. The fourth-order valence-electron chi connectivity index (χ4n) is 2.85. The number of hydrogen-bond donors (Lipinski definition) is 0. The molecule has 0 atom stereocenters. The Bertz CT molecular complexity index is 750. The minimum absolute atomic E-state index is 0.171. The van der Waals surface area contributed by atoms with E-state index in [9.17, 15) is 13.2 Å². The molecule has 1 heterocycles. The molecule has 7 heteroatoms. The van der Waals surface area contributed by atoms with E-state index in [2.05, 4.69) is 23.8 Å². The highest BCUT2D eigenvalue weighted by Gasteiger charge is 2.36. The van der Waals surface area contributed by atoms with Gasteiger partial charge in [0.1, 0.15) is 5.56 Å². The molecule has 154 valence electrons. The Morgan fingerprint density at radius 3 is 2.54 bits per heavy atom. The number of halogens is 3. The maximum absolute atomic E-state index is 13.3. The van der Waals surface area contributed by atoms with Gasteiger partial charge in [-0.1, -0.05) is 51.7 Å². The normalized spacial score (nSPS) is 11.5. The van der Waals surface area contributed by atoms with Crippen LogP contribution in [-0.4, -0.2) is 23.6 Å². The first kappa shape index (κ1) is 22.0. The molecule has 0 aliphatic heterocycles. The number of anilines is 2. The lowest BCUT2D eigenvalue weighted by Gasteiger charge is -2.20. The number of aromatic nitrogens is 2. The molecule has 0 fully saturated rings. The van der Waals surface area contributed by atoms with Gasteiger partial charge >= 0.3 is 6.18 Å². The molecule has 0 amide bonds. The molecule has 0 aliphatic carbocycles. The van der Waals surface area contributed by atoms with E-state index in [4.69, 9.17) is 4.74 Å². The predicted molar refractivity (Wildman–Crippen MR) is 105 cm³/mol. The average molecular weight is 395 g/mol. The molecule has 28 heavy (non-hydrogen) atoms. The van der Waals surface area contributed by atoms with Crippen LogP contribution in [0.3, 0.4) is 0 Å². The minimum atomic E-state index is -4.56. The van der Waals surface area contributed by atoms with Crippen molar-refractivity contribution in [1.29, 1.82) is 0 Å². The van der Waals surface area contributed by atoms with Crippen LogP contribution in [0.15, 0.2) is 30.5 Å². The standard InChI is InChI=1S/C21H28F3N3O/c1-4-6-7-8-13-28-19-18(21(22,23)24)15-25-20(26-19)27(3)17-12-9-11-16(14-17)10-5-2/h9,11-12,14-15H,4-8,10,13H2,1-3H3. The predicted octanol–water partition coefficient (Wildman–Crippen LogP) is 6.17. The van der Waals surface area contributed by atoms with Gasteiger partial charge < -0.3 is 9.64 Å². The van der Waals surface area contributed by atoms with E-state index in [1.165, 1.54) is 0 Å². The third-order valence-corrected chi connectivity index (χ3v) is 4.42. The Morgan fingerprint density at radius 2 is 1.86 bits per heavy atom. The Morgan fingerprint density at radius 1 is 1.07 bits per heavy atom. The summed E-state index contributed by atoms with van der Waals surface area (Å²) in [6.07, 6.45) is 1.88. The summed E-state index contributed by atoms with van der Waals surface area (Å²) < 4.78 is 45.3. The molecule has 2 rings (SSSR count). The van der Waals surface area contributed by atoms with Gasteiger partial charge in [0, 0.05) is 18.9 Å². The molecule has 0 aliphatic rings. The van der Waals surface area contributed by atoms with E-state index in [-0.39, 0.29) is 12.6 Å². The highest BCUT2D eigenvalue weighted by molar-refractivity contribution is 5.58. The zero-order valence-electron chi connectivity index (χ0n) is 16.7. The maximum Gasteiger partial charge on any atom is 0.423 e. The van der Waals surface area contributed by atoms with Crippen molar-refractivity contribution >= 4 is 11.6 Å². The van der Waals surface area contributed by atoms with Gasteiger partial charge in [0.25, 0.3) is 0 Å². The zero-order chi connectivity index (χ0) is 20.6. The fourth-order valence-corrected chi connectivity index (χ4v) is 2.85. The number of ether oxygens (including phenoxy) is 1. The van der Waals surface area contributed by atoms with Crippen molar-refractivity contribution in [2.75, 3.05) is 18.6 Å². The number of hydrogen-bond acceptors (Lipinski definition) is 4. The van der Waals surface area contributed by atoms with E-state index in [0.29, 0.717) is 6.42 Å². The lowest BCUT2D eigenvalue weighted by molar-refractivity contribution is -0.139. The van der Waals surface area contributed by atoms with Gasteiger partial charge in [-0.05, 0) is 30.5 Å². The first-order valence-electron chi connectivity index (χ1n) is 9.76. The van der Waals surface area contributed by atoms with Crippen LogP contribution in [-0.2, 0) is 12.6 Å². The Labute approximate surface area is 164 Å². The largest absolute Gasteiger partial charge is 0.477 e. The SMILES string of the molecule is CCCCCCOc1nc(N(C)c2cccc(CCC)c2)ncc1C(F)(F)F. The fraction of sp³-hybridized carbons (Fsp3) is 0.524. The summed E-state index contributed by atoms with van der Waals surface area (Å²) >= 11 is 0. The summed E-state index contributed by atoms with van der Waals surface area (Å²) in [6.45, 7) is 4.37. The maximum atomic E-state index is 13.3. The third-order valence-electron chi connectivity index (χ3n) is 4.42. The second-order valence-electron chi connectivity index (χ2n) is 6.77. The molecule has 0 N–H and O–H groups in total. The van der Waals surface area contributed by atoms with Gasteiger partial charge in [-0.2, -0.15) is 18.2 Å². The Kier molecular flexibility index (Phi) is 8.08. The molecule has 0 radical (unpaired) electrons.